The molecule has 0 radical (unpaired) electrons. The number of nitrogens with one attached hydrogen (secondary N) is 3. The summed E-state index contributed by atoms with van der Waals surface area (Å²) in [6.45, 7) is 7.90. The Hall–Kier alpha value is -3.41. The van der Waals surface area contributed by atoms with Gasteiger partial charge in [-0.2, -0.15) is 20.1 Å². The van der Waals surface area contributed by atoms with E-state index in [-0.39, 0.29) is 12.1 Å². The van der Waals surface area contributed by atoms with Gasteiger partial charge in [-0.05, 0) is 27.2 Å². The number of anilines is 4. The van der Waals surface area contributed by atoms with Gasteiger partial charge < -0.3 is 20.3 Å². The predicted octanol–water partition coefficient (Wildman–Crippen LogP) is 2.36. The molecule has 0 bridgehead atoms. The van der Waals surface area contributed by atoms with E-state index in [0.717, 1.165) is 31.1 Å². The minimum absolute atomic E-state index is 0.148. The topological polar surface area (TPSA) is 130 Å². The average molecular weight is 428 g/mol. The number of H-pyrrole nitrogens is 1. The molecule has 0 aliphatic carbocycles. The van der Waals surface area contributed by atoms with Gasteiger partial charge in [0.15, 0.2) is 11.6 Å². The lowest BCUT2D eigenvalue weighted by Gasteiger charge is -2.19. The van der Waals surface area contributed by atoms with Crippen molar-refractivity contribution in [3.63, 3.8) is 0 Å². The predicted molar refractivity (Wildman–Crippen MR) is 113 cm³/mol. The number of hydrogen-bond donors (Lipinski definition) is 3. The van der Waals surface area contributed by atoms with Crippen molar-refractivity contribution in [3.05, 3.63) is 35.8 Å². The van der Waals surface area contributed by atoms with Gasteiger partial charge in [0.05, 0.1) is 24.5 Å². The van der Waals surface area contributed by atoms with Crippen molar-refractivity contribution in [2.75, 3.05) is 35.2 Å². The summed E-state index contributed by atoms with van der Waals surface area (Å²) in [6.07, 6.45) is 3.31. The number of rotatable bonds is 8. The quantitative estimate of drug-likeness (QED) is 0.491. The summed E-state index contributed by atoms with van der Waals surface area (Å²) in [5, 5.41) is 13.3. The van der Waals surface area contributed by atoms with Crippen molar-refractivity contribution in [1.82, 2.24) is 35.1 Å². The van der Waals surface area contributed by atoms with Crippen molar-refractivity contribution in [2.24, 2.45) is 0 Å². The third kappa shape index (κ3) is 5.20. The summed E-state index contributed by atoms with van der Waals surface area (Å²) in [7, 11) is 0. The molecule has 1 aliphatic rings. The highest BCUT2D eigenvalue weighted by atomic mass is 19.1. The van der Waals surface area contributed by atoms with Crippen molar-refractivity contribution < 1.29 is 9.13 Å². The molecule has 0 saturated carbocycles. The summed E-state index contributed by atoms with van der Waals surface area (Å²) >= 11 is 0. The minimum Gasteiger partial charge on any atom is -0.377 e. The van der Waals surface area contributed by atoms with E-state index in [2.05, 4.69) is 50.7 Å². The maximum absolute atomic E-state index is 13.1. The molecule has 2 atom stereocenters. The lowest BCUT2D eigenvalue weighted by Crippen LogP contribution is -2.26. The number of halogens is 1. The summed E-state index contributed by atoms with van der Waals surface area (Å²) < 4.78 is 18.9. The highest BCUT2D eigenvalue weighted by Crippen LogP contribution is 2.23. The fourth-order valence-corrected chi connectivity index (χ4v) is 3.31. The first-order valence-electron chi connectivity index (χ1n) is 10.2. The number of nitrogens with zero attached hydrogens (tertiary/aromatic N) is 7. The number of hydrogen-bond acceptors (Lipinski definition) is 10. The van der Waals surface area contributed by atoms with Crippen LogP contribution < -0.4 is 15.5 Å². The van der Waals surface area contributed by atoms with Gasteiger partial charge >= 0.3 is 0 Å². The van der Waals surface area contributed by atoms with E-state index in [4.69, 9.17) is 4.74 Å². The maximum atomic E-state index is 13.1. The molecule has 31 heavy (non-hydrogen) atoms. The molecule has 1 aliphatic heterocycles. The van der Waals surface area contributed by atoms with Gasteiger partial charge in [-0.15, -0.1) is 0 Å². The summed E-state index contributed by atoms with van der Waals surface area (Å²) in [5.41, 5.74) is 0.913. The normalized spacial score (nSPS) is 17.0. The van der Waals surface area contributed by atoms with Crippen LogP contribution in [0.15, 0.2) is 18.5 Å². The lowest BCUT2D eigenvalue weighted by molar-refractivity contribution is 0.0787. The Labute approximate surface area is 178 Å². The number of aromatic amines is 1. The lowest BCUT2D eigenvalue weighted by atomic mass is 10.3. The van der Waals surface area contributed by atoms with Crippen molar-refractivity contribution in [3.8, 4) is 0 Å². The zero-order valence-corrected chi connectivity index (χ0v) is 17.6. The molecule has 4 heterocycles. The van der Waals surface area contributed by atoms with Gasteiger partial charge in [-0.1, -0.05) is 0 Å². The van der Waals surface area contributed by atoms with Gasteiger partial charge in [-0.25, -0.2) is 14.4 Å². The van der Waals surface area contributed by atoms with Crippen molar-refractivity contribution >= 4 is 23.7 Å². The Bertz CT molecular complexity index is 1010. The molecule has 12 heteroatoms. The Morgan fingerprint density at radius 2 is 2.03 bits per heavy atom. The summed E-state index contributed by atoms with van der Waals surface area (Å²) in [5.74, 6) is 1.77. The fourth-order valence-electron chi connectivity index (χ4n) is 3.31. The van der Waals surface area contributed by atoms with Gasteiger partial charge in [0.1, 0.15) is 5.82 Å². The van der Waals surface area contributed by atoms with Gasteiger partial charge in [0.2, 0.25) is 17.8 Å². The zero-order valence-electron chi connectivity index (χ0n) is 17.6. The maximum Gasteiger partial charge on any atom is 0.235 e. The Kier molecular flexibility index (Phi) is 6.16. The Morgan fingerprint density at radius 1 is 1.26 bits per heavy atom. The average Bonchev–Trinajstić information content (AvgIpc) is 3.37. The van der Waals surface area contributed by atoms with E-state index >= 15 is 0 Å². The number of aryl methyl sites for hydroxylation is 1. The largest absolute Gasteiger partial charge is 0.377 e. The molecule has 0 spiro atoms. The second kappa shape index (κ2) is 9.16. The third-order valence-electron chi connectivity index (χ3n) is 4.77. The van der Waals surface area contributed by atoms with Crippen LogP contribution in [0.25, 0.3) is 0 Å². The van der Waals surface area contributed by atoms with Crippen LogP contribution in [-0.4, -0.2) is 60.9 Å². The van der Waals surface area contributed by atoms with Crippen LogP contribution in [0.2, 0.25) is 0 Å². The molecule has 1 unspecified atom stereocenters. The standard InChI is InChI=1S/C19H25FN10O/c1-4-31-14-5-6-30(10-14)19-26-17(23-12(3)16-21-8-13(20)9-22-16)25-18(27-19)24-15-7-11(2)28-29-15/h7-9,12,14H,4-6,10H2,1-3H3,(H3,23,24,25,26,27,28,29)/t12-,14?/m0/s1. The van der Waals surface area contributed by atoms with E-state index in [1.807, 2.05) is 26.8 Å². The monoisotopic (exact) mass is 428 g/mol. The fraction of sp³-hybridized carbons (Fsp3) is 0.474. The first-order chi connectivity index (χ1) is 15.0. The molecule has 164 valence electrons. The summed E-state index contributed by atoms with van der Waals surface area (Å²) in [6, 6.07) is 1.51. The second-order valence-corrected chi connectivity index (χ2v) is 7.28. The van der Waals surface area contributed by atoms with Crippen LogP contribution in [0.1, 0.15) is 37.8 Å². The first kappa shape index (κ1) is 20.8. The van der Waals surface area contributed by atoms with E-state index in [9.17, 15) is 4.39 Å². The Morgan fingerprint density at radius 3 is 2.74 bits per heavy atom. The van der Waals surface area contributed by atoms with E-state index in [1.165, 1.54) is 0 Å². The zero-order chi connectivity index (χ0) is 21.8. The molecule has 0 aromatic carbocycles. The van der Waals surface area contributed by atoms with Crippen molar-refractivity contribution in [2.45, 2.75) is 39.3 Å². The SMILES string of the molecule is CCOC1CCN(c2nc(Nc3cc(C)[nH]n3)nc(N[C@@H](C)c3ncc(F)cn3)n2)C1. The molecule has 4 rings (SSSR count). The molecule has 3 aromatic rings. The first-order valence-corrected chi connectivity index (χ1v) is 10.2. The molecule has 1 fully saturated rings. The molecular formula is C19H25FN10O. The van der Waals surface area contributed by atoms with Crippen LogP contribution in [-0.2, 0) is 4.74 Å². The van der Waals surface area contributed by atoms with E-state index in [0.29, 0.717) is 42.6 Å². The molecule has 0 amide bonds. The number of ether oxygens (including phenoxy) is 1. The molecular weight excluding hydrogens is 403 g/mol. The second-order valence-electron chi connectivity index (χ2n) is 7.28. The third-order valence-corrected chi connectivity index (χ3v) is 4.77. The van der Waals surface area contributed by atoms with Crippen LogP contribution in [0.5, 0.6) is 0 Å². The molecule has 11 nitrogen and oxygen atoms in total. The molecule has 1 saturated heterocycles. The van der Waals surface area contributed by atoms with Crippen LogP contribution in [0.3, 0.4) is 0 Å². The van der Waals surface area contributed by atoms with Crippen LogP contribution >= 0.6 is 0 Å². The van der Waals surface area contributed by atoms with Gasteiger partial charge in [-0.3, -0.25) is 5.10 Å². The Balaban J connectivity index is 1.58. The van der Waals surface area contributed by atoms with Gasteiger partial charge in [0, 0.05) is 31.5 Å². The van der Waals surface area contributed by atoms with Gasteiger partial charge in [0.25, 0.3) is 0 Å². The van der Waals surface area contributed by atoms with Crippen molar-refractivity contribution in [1.29, 1.82) is 0 Å². The summed E-state index contributed by atoms with van der Waals surface area (Å²) in [4.78, 5) is 23.7. The smallest absolute Gasteiger partial charge is 0.235 e. The highest BCUT2D eigenvalue weighted by Gasteiger charge is 2.26. The molecule has 3 N–H and O–H groups in total. The van der Waals surface area contributed by atoms with Crippen LogP contribution in [0, 0.1) is 12.7 Å². The number of aromatic nitrogens is 7. The molecule has 3 aromatic heterocycles. The minimum atomic E-state index is -0.489. The van der Waals surface area contributed by atoms with E-state index < -0.39 is 5.82 Å². The van der Waals surface area contributed by atoms with Crippen LogP contribution in [0.4, 0.5) is 28.1 Å². The van der Waals surface area contributed by atoms with E-state index in [1.54, 1.807) is 0 Å². The highest BCUT2D eigenvalue weighted by molar-refractivity contribution is 5.52.